The predicted molar refractivity (Wildman–Crippen MR) is 53.8 cm³/mol. The lowest BCUT2D eigenvalue weighted by Gasteiger charge is -1.91. The van der Waals surface area contributed by atoms with Crippen LogP contribution in [0.4, 0.5) is 0 Å². The Morgan fingerprint density at radius 1 is 1.50 bits per heavy atom. The average Bonchev–Trinajstić information content (AvgIpc) is 2.43. The van der Waals surface area contributed by atoms with Crippen LogP contribution in [0.3, 0.4) is 0 Å². The van der Waals surface area contributed by atoms with Crippen LogP contribution in [0.1, 0.15) is 21.1 Å². The summed E-state index contributed by atoms with van der Waals surface area (Å²) >= 11 is 1.20. The van der Waals surface area contributed by atoms with Gasteiger partial charge in [0.1, 0.15) is 15.5 Å². The third-order valence-electron chi connectivity index (χ3n) is 2.01. The summed E-state index contributed by atoms with van der Waals surface area (Å²) in [6.07, 6.45) is 1.68. The fourth-order valence-corrected chi connectivity index (χ4v) is 2.32. The molecule has 0 radical (unpaired) electrons. The molecule has 0 spiro atoms. The van der Waals surface area contributed by atoms with Gasteiger partial charge < -0.3 is 5.11 Å². The Kier molecular flexibility index (Phi) is 1.96. The van der Waals surface area contributed by atoms with E-state index < -0.39 is 5.97 Å². The molecule has 2 heterocycles. The molecule has 2 rings (SSSR count). The van der Waals surface area contributed by atoms with Crippen LogP contribution in [0.25, 0.3) is 10.2 Å². The molecule has 0 bridgehead atoms. The van der Waals surface area contributed by atoms with Gasteiger partial charge in [-0.1, -0.05) is 0 Å². The Morgan fingerprint density at radius 3 is 2.86 bits per heavy atom. The van der Waals surface area contributed by atoms with Gasteiger partial charge in [-0.05, 0) is 19.4 Å². The van der Waals surface area contributed by atoms with Crippen LogP contribution in [0.5, 0.6) is 0 Å². The maximum absolute atomic E-state index is 10.8. The summed E-state index contributed by atoms with van der Waals surface area (Å²) in [5.41, 5.74) is 0.748. The Balaban J connectivity index is 2.79. The zero-order chi connectivity index (χ0) is 10.3. The van der Waals surface area contributed by atoms with Gasteiger partial charge in [-0.25, -0.2) is 14.8 Å². The van der Waals surface area contributed by atoms with Gasteiger partial charge in [-0.2, -0.15) is 0 Å². The molecule has 5 heteroatoms. The van der Waals surface area contributed by atoms with Crippen molar-refractivity contribution in [2.45, 2.75) is 13.8 Å². The summed E-state index contributed by atoms with van der Waals surface area (Å²) in [4.78, 5) is 20.2. The largest absolute Gasteiger partial charge is 0.477 e. The number of fused-ring (bicyclic) bond motifs is 1. The number of carbonyl (C=O) groups is 1. The smallest absolute Gasteiger partial charge is 0.346 e. The van der Waals surface area contributed by atoms with Crippen molar-refractivity contribution in [1.82, 2.24) is 9.97 Å². The van der Waals surface area contributed by atoms with E-state index >= 15 is 0 Å². The molecule has 0 aliphatic carbocycles. The van der Waals surface area contributed by atoms with Gasteiger partial charge >= 0.3 is 5.97 Å². The second-order valence-electron chi connectivity index (χ2n) is 3.00. The first-order chi connectivity index (χ1) is 6.59. The minimum atomic E-state index is -0.900. The second-order valence-corrected chi connectivity index (χ2v) is 4.00. The van der Waals surface area contributed by atoms with Crippen LogP contribution >= 0.6 is 11.3 Å². The number of rotatable bonds is 1. The normalized spacial score (nSPS) is 10.7. The van der Waals surface area contributed by atoms with E-state index in [4.69, 9.17) is 5.11 Å². The van der Waals surface area contributed by atoms with Crippen molar-refractivity contribution in [1.29, 1.82) is 0 Å². The Bertz CT molecular complexity index is 519. The minimum absolute atomic E-state index is 0.347. The van der Waals surface area contributed by atoms with Crippen molar-refractivity contribution in [3.8, 4) is 0 Å². The molecular weight excluding hydrogens is 200 g/mol. The quantitative estimate of drug-likeness (QED) is 0.778. The molecule has 0 fully saturated rings. The summed E-state index contributed by atoms with van der Waals surface area (Å²) in [5.74, 6) is -0.237. The van der Waals surface area contributed by atoms with Crippen LogP contribution < -0.4 is 0 Å². The van der Waals surface area contributed by atoms with E-state index in [1.807, 2.05) is 0 Å². The zero-order valence-electron chi connectivity index (χ0n) is 7.74. The molecule has 0 atom stereocenters. The summed E-state index contributed by atoms with van der Waals surface area (Å²) < 4.78 is 0. The van der Waals surface area contributed by atoms with Gasteiger partial charge in [0, 0.05) is 11.6 Å². The third-order valence-corrected chi connectivity index (χ3v) is 3.20. The van der Waals surface area contributed by atoms with E-state index in [1.165, 1.54) is 11.3 Å². The molecule has 1 N–H and O–H groups in total. The van der Waals surface area contributed by atoms with Gasteiger partial charge in [-0.15, -0.1) is 11.3 Å². The Morgan fingerprint density at radius 2 is 2.21 bits per heavy atom. The third kappa shape index (κ3) is 1.26. The van der Waals surface area contributed by atoms with Crippen molar-refractivity contribution in [3.05, 3.63) is 22.5 Å². The highest BCUT2D eigenvalue weighted by Crippen LogP contribution is 2.28. The van der Waals surface area contributed by atoms with Gasteiger partial charge in [0.2, 0.25) is 0 Å². The molecule has 72 valence electrons. The molecule has 0 aromatic carbocycles. The van der Waals surface area contributed by atoms with Crippen LogP contribution in [-0.4, -0.2) is 21.0 Å². The summed E-state index contributed by atoms with van der Waals surface area (Å²) in [6.45, 7) is 3.57. The SMILES string of the molecule is Cc1ncc2c(C)c(C(=O)O)sc2n1. The lowest BCUT2D eigenvalue weighted by Crippen LogP contribution is -1.93. The number of aryl methyl sites for hydroxylation is 2. The first-order valence-corrected chi connectivity index (χ1v) is 4.87. The standard InChI is InChI=1S/C9H8N2O2S/c1-4-6-3-10-5(2)11-8(6)14-7(4)9(12)13/h3H,1-2H3,(H,12,13). The van der Waals surface area contributed by atoms with Gasteiger partial charge in [0.25, 0.3) is 0 Å². The molecule has 0 saturated heterocycles. The van der Waals surface area contributed by atoms with Crippen molar-refractivity contribution < 1.29 is 9.90 Å². The van der Waals surface area contributed by atoms with E-state index in [1.54, 1.807) is 20.0 Å². The first kappa shape index (κ1) is 9.08. The van der Waals surface area contributed by atoms with Crippen molar-refractivity contribution in [3.63, 3.8) is 0 Å². The molecule has 0 aliphatic rings. The lowest BCUT2D eigenvalue weighted by molar-refractivity contribution is 0.0701. The number of carboxylic acid groups (broad SMARTS) is 1. The molecule has 0 amide bonds. The Hall–Kier alpha value is -1.49. The van der Waals surface area contributed by atoms with Crippen LogP contribution in [0.15, 0.2) is 6.20 Å². The summed E-state index contributed by atoms with van der Waals surface area (Å²) in [5, 5.41) is 9.73. The fraction of sp³-hybridized carbons (Fsp3) is 0.222. The highest BCUT2D eigenvalue weighted by molar-refractivity contribution is 7.20. The number of hydrogen-bond donors (Lipinski definition) is 1. The number of nitrogens with zero attached hydrogens (tertiary/aromatic N) is 2. The monoisotopic (exact) mass is 208 g/mol. The van der Waals surface area contributed by atoms with Crippen molar-refractivity contribution in [2.24, 2.45) is 0 Å². The number of aromatic carboxylic acids is 1. The summed E-state index contributed by atoms with van der Waals surface area (Å²) in [6, 6.07) is 0. The van der Waals surface area contributed by atoms with E-state index in [-0.39, 0.29) is 0 Å². The van der Waals surface area contributed by atoms with Crippen molar-refractivity contribution in [2.75, 3.05) is 0 Å². The van der Waals surface area contributed by atoms with Crippen LogP contribution in [0, 0.1) is 13.8 Å². The summed E-state index contributed by atoms with van der Waals surface area (Å²) in [7, 11) is 0. The van der Waals surface area contributed by atoms with Gasteiger partial charge in [-0.3, -0.25) is 0 Å². The molecule has 0 saturated carbocycles. The van der Waals surface area contributed by atoms with Gasteiger partial charge in [0.05, 0.1) is 0 Å². The highest BCUT2D eigenvalue weighted by Gasteiger charge is 2.15. The molecule has 0 unspecified atom stereocenters. The zero-order valence-corrected chi connectivity index (χ0v) is 8.55. The van der Waals surface area contributed by atoms with Crippen LogP contribution in [-0.2, 0) is 0 Å². The molecule has 2 aromatic heterocycles. The molecule has 14 heavy (non-hydrogen) atoms. The maximum atomic E-state index is 10.8. The maximum Gasteiger partial charge on any atom is 0.346 e. The predicted octanol–water partition coefficient (Wildman–Crippen LogP) is 2.01. The van der Waals surface area contributed by atoms with E-state index in [9.17, 15) is 4.79 Å². The molecular formula is C9H8N2O2S. The lowest BCUT2D eigenvalue weighted by atomic mass is 10.2. The number of thiophene rings is 1. The Labute approximate surface area is 84.2 Å². The second kappa shape index (κ2) is 3.02. The number of hydrogen-bond acceptors (Lipinski definition) is 4. The minimum Gasteiger partial charge on any atom is -0.477 e. The molecule has 4 nitrogen and oxygen atoms in total. The number of carboxylic acids is 1. The highest BCUT2D eigenvalue weighted by atomic mass is 32.1. The first-order valence-electron chi connectivity index (χ1n) is 4.05. The van der Waals surface area contributed by atoms with E-state index in [0.29, 0.717) is 10.7 Å². The van der Waals surface area contributed by atoms with Crippen molar-refractivity contribution >= 4 is 27.5 Å². The molecule has 2 aromatic rings. The van der Waals surface area contributed by atoms with E-state index in [0.717, 1.165) is 15.8 Å². The van der Waals surface area contributed by atoms with Crippen LogP contribution in [0.2, 0.25) is 0 Å². The fourth-order valence-electron chi connectivity index (χ4n) is 1.28. The van der Waals surface area contributed by atoms with E-state index in [2.05, 4.69) is 9.97 Å². The topological polar surface area (TPSA) is 63.1 Å². The van der Waals surface area contributed by atoms with Gasteiger partial charge in [0.15, 0.2) is 0 Å². The number of aromatic nitrogens is 2. The average molecular weight is 208 g/mol. The molecule has 0 aliphatic heterocycles.